The van der Waals surface area contributed by atoms with Crippen LogP contribution in [0.4, 0.5) is 0 Å². The molecule has 0 radical (unpaired) electrons. The molecule has 2 fully saturated rings. The second-order valence-electron chi connectivity index (χ2n) is 9.32. The van der Waals surface area contributed by atoms with Crippen LogP contribution in [-0.2, 0) is 30.1 Å². The zero-order valence-electron chi connectivity index (χ0n) is 18.7. The van der Waals surface area contributed by atoms with E-state index >= 15 is 0 Å². The molecule has 2 aliphatic rings. The van der Waals surface area contributed by atoms with Crippen LogP contribution in [0.1, 0.15) is 52.5 Å². The lowest BCUT2D eigenvalue weighted by atomic mass is 9.79. The summed E-state index contributed by atoms with van der Waals surface area (Å²) in [6.07, 6.45) is 3.69. The Hall–Kier alpha value is -0.915. The first kappa shape index (κ1) is 22.8. The minimum atomic E-state index is -0.316. The van der Waals surface area contributed by atoms with Crippen LogP contribution in [0.15, 0.2) is 24.3 Å². The molecule has 0 spiro atoms. The molecule has 2 unspecified atom stereocenters. The summed E-state index contributed by atoms with van der Waals surface area (Å²) in [5, 5.41) is 0. The van der Waals surface area contributed by atoms with E-state index in [1.165, 1.54) is 12.8 Å². The fourth-order valence-electron chi connectivity index (χ4n) is 3.68. The molecular weight excluding hydrogens is 367 g/mol. The van der Waals surface area contributed by atoms with Gasteiger partial charge in [0.1, 0.15) is 0 Å². The van der Waals surface area contributed by atoms with Gasteiger partial charge in [0, 0.05) is 20.3 Å². The lowest BCUT2D eigenvalue weighted by Gasteiger charge is -2.32. The molecule has 162 valence electrons. The van der Waals surface area contributed by atoms with E-state index < -0.39 is 0 Å². The highest BCUT2D eigenvalue weighted by Gasteiger charge is 2.51. The number of hydrogen-bond acceptors (Lipinski definition) is 5. The molecule has 1 aromatic rings. The van der Waals surface area contributed by atoms with Crippen molar-refractivity contribution in [3.8, 4) is 0 Å². The molecule has 1 heterocycles. The van der Waals surface area contributed by atoms with Gasteiger partial charge in [0.05, 0.1) is 31.0 Å². The largest absolute Gasteiger partial charge is 0.494 e. The Morgan fingerprint density at radius 1 is 0.862 bits per heavy atom. The van der Waals surface area contributed by atoms with Crippen molar-refractivity contribution in [3.05, 3.63) is 29.8 Å². The van der Waals surface area contributed by atoms with E-state index in [4.69, 9.17) is 23.5 Å². The summed E-state index contributed by atoms with van der Waals surface area (Å²) in [5.41, 5.74) is 1.55. The molecule has 0 bridgehead atoms. The molecule has 0 amide bonds. The Kier molecular flexibility index (Phi) is 7.79. The van der Waals surface area contributed by atoms with E-state index in [0.717, 1.165) is 42.5 Å². The molecule has 5 nitrogen and oxygen atoms in total. The Bertz CT molecular complexity index is 615. The third-order valence-corrected chi connectivity index (χ3v) is 6.54. The second-order valence-corrected chi connectivity index (χ2v) is 9.32. The van der Waals surface area contributed by atoms with Gasteiger partial charge >= 0.3 is 7.12 Å². The van der Waals surface area contributed by atoms with Gasteiger partial charge in [-0.3, -0.25) is 0 Å². The number of benzene rings is 1. The Morgan fingerprint density at radius 3 is 2.07 bits per heavy atom. The fourth-order valence-corrected chi connectivity index (χ4v) is 3.68. The summed E-state index contributed by atoms with van der Waals surface area (Å²) < 4.78 is 28.8. The third kappa shape index (κ3) is 6.28. The van der Waals surface area contributed by atoms with Crippen LogP contribution in [0, 0.1) is 11.8 Å². The Morgan fingerprint density at radius 2 is 1.45 bits per heavy atom. The number of methoxy groups -OCH3 is 1. The van der Waals surface area contributed by atoms with E-state index in [1.54, 1.807) is 7.11 Å². The average molecular weight is 404 g/mol. The lowest BCUT2D eigenvalue weighted by molar-refractivity contribution is 0.00578. The second kappa shape index (κ2) is 9.93. The average Bonchev–Trinajstić information content (AvgIpc) is 3.38. The van der Waals surface area contributed by atoms with Crippen LogP contribution in [0.3, 0.4) is 0 Å². The smallest absolute Gasteiger partial charge is 0.399 e. The molecule has 0 aromatic heterocycles. The van der Waals surface area contributed by atoms with Crippen LogP contribution in [0.2, 0.25) is 0 Å². The normalized spacial score (nSPS) is 24.8. The molecular formula is C23H37BO5. The minimum absolute atomic E-state index is 0.316. The Balaban J connectivity index is 1.27. The van der Waals surface area contributed by atoms with Gasteiger partial charge in [-0.05, 0) is 69.8 Å². The fraction of sp³-hybridized carbons (Fsp3) is 0.739. The number of rotatable bonds is 12. The third-order valence-electron chi connectivity index (χ3n) is 6.54. The van der Waals surface area contributed by atoms with Crippen molar-refractivity contribution in [3.63, 3.8) is 0 Å². The van der Waals surface area contributed by atoms with Gasteiger partial charge in [0.25, 0.3) is 0 Å². The van der Waals surface area contributed by atoms with E-state index in [0.29, 0.717) is 19.8 Å². The van der Waals surface area contributed by atoms with E-state index in [2.05, 4.69) is 52.0 Å². The van der Waals surface area contributed by atoms with Crippen LogP contribution in [0.25, 0.3) is 0 Å². The zero-order valence-corrected chi connectivity index (χ0v) is 18.7. The monoisotopic (exact) mass is 404 g/mol. The van der Waals surface area contributed by atoms with E-state index in [-0.39, 0.29) is 18.3 Å². The highest BCUT2D eigenvalue weighted by Crippen LogP contribution is 2.43. The van der Waals surface area contributed by atoms with Crippen LogP contribution in [-0.4, -0.2) is 51.9 Å². The summed E-state index contributed by atoms with van der Waals surface area (Å²) in [5.74, 6) is 1.70. The van der Waals surface area contributed by atoms with Crippen molar-refractivity contribution in [1.82, 2.24) is 0 Å². The first-order valence-electron chi connectivity index (χ1n) is 10.9. The summed E-state index contributed by atoms with van der Waals surface area (Å²) in [6, 6.07) is 8.28. The maximum absolute atomic E-state index is 6.10. The molecule has 1 aliphatic heterocycles. The minimum Gasteiger partial charge on any atom is -0.399 e. The summed E-state index contributed by atoms with van der Waals surface area (Å²) in [7, 11) is 1.46. The van der Waals surface area contributed by atoms with Crippen molar-refractivity contribution in [2.45, 2.75) is 64.8 Å². The van der Waals surface area contributed by atoms with Crippen molar-refractivity contribution in [2.24, 2.45) is 11.8 Å². The maximum Gasteiger partial charge on any atom is 0.494 e. The highest BCUT2D eigenvalue weighted by molar-refractivity contribution is 6.62. The van der Waals surface area contributed by atoms with Gasteiger partial charge in [0.2, 0.25) is 0 Å². The topological polar surface area (TPSA) is 46.2 Å². The lowest BCUT2D eigenvalue weighted by Crippen LogP contribution is -2.41. The van der Waals surface area contributed by atoms with Gasteiger partial charge in [-0.2, -0.15) is 0 Å². The molecule has 6 heteroatoms. The van der Waals surface area contributed by atoms with Crippen LogP contribution in [0.5, 0.6) is 0 Å². The molecule has 2 atom stereocenters. The molecule has 29 heavy (non-hydrogen) atoms. The van der Waals surface area contributed by atoms with E-state index in [9.17, 15) is 0 Å². The van der Waals surface area contributed by atoms with E-state index in [1.807, 2.05) is 0 Å². The predicted octanol–water partition coefficient (Wildman–Crippen LogP) is 3.58. The maximum atomic E-state index is 6.10. The van der Waals surface area contributed by atoms with Gasteiger partial charge in [-0.1, -0.05) is 24.3 Å². The van der Waals surface area contributed by atoms with Crippen LogP contribution >= 0.6 is 0 Å². The van der Waals surface area contributed by atoms with Crippen molar-refractivity contribution in [1.29, 1.82) is 0 Å². The van der Waals surface area contributed by atoms with Crippen molar-refractivity contribution >= 4 is 12.6 Å². The molecule has 1 saturated heterocycles. The van der Waals surface area contributed by atoms with Crippen molar-refractivity contribution in [2.75, 3.05) is 33.5 Å². The number of ether oxygens (including phenoxy) is 3. The quantitative estimate of drug-likeness (QED) is 0.394. The zero-order chi connectivity index (χ0) is 20.9. The van der Waals surface area contributed by atoms with Gasteiger partial charge in [0.15, 0.2) is 0 Å². The number of hydrogen-bond donors (Lipinski definition) is 0. The molecule has 1 aromatic carbocycles. The van der Waals surface area contributed by atoms with Crippen LogP contribution < -0.4 is 5.46 Å². The highest BCUT2D eigenvalue weighted by atomic mass is 16.7. The van der Waals surface area contributed by atoms with Crippen molar-refractivity contribution < 1.29 is 23.5 Å². The Labute approximate surface area is 176 Å². The molecule has 3 rings (SSSR count). The predicted molar refractivity (Wildman–Crippen MR) is 115 cm³/mol. The van der Waals surface area contributed by atoms with Gasteiger partial charge < -0.3 is 23.5 Å². The summed E-state index contributed by atoms with van der Waals surface area (Å²) >= 11 is 0. The summed E-state index contributed by atoms with van der Waals surface area (Å²) in [6.45, 7) is 11.9. The molecule has 0 N–H and O–H groups in total. The van der Waals surface area contributed by atoms with Gasteiger partial charge in [-0.15, -0.1) is 0 Å². The molecule has 1 saturated carbocycles. The summed E-state index contributed by atoms with van der Waals surface area (Å²) in [4.78, 5) is 0. The SMILES string of the molecule is COCCC1CC1CCOCCOCc1ccc(B2OC(C)(C)C(C)(C)O2)cc1. The molecule has 1 aliphatic carbocycles. The first-order chi connectivity index (χ1) is 13.8. The first-order valence-corrected chi connectivity index (χ1v) is 10.9. The standard InChI is InChI=1S/C23H37BO5/c1-22(2)23(3,4)29-24(28-22)21-8-6-18(7-9-21)17-27-15-14-26-13-11-20-16-19(20)10-12-25-5/h6-9,19-20H,10-17H2,1-5H3. The van der Waals surface area contributed by atoms with Gasteiger partial charge in [-0.25, -0.2) is 0 Å².